The highest BCUT2D eigenvalue weighted by molar-refractivity contribution is 8.01. The first-order valence-electron chi connectivity index (χ1n) is 13.5. The van der Waals surface area contributed by atoms with Gasteiger partial charge >= 0.3 is 0 Å². The van der Waals surface area contributed by atoms with E-state index in [1.54, 1.807) is 34.6 Å². The van der Waals surface area contributed by atoms with Crippen molar-refractivity contribution in [2.45, 2.75) is 77.4 Å². The minimum Gasteiger partial charge on any atom is -0.366 e. The third-order valence-electron chi connectivity index (χ3n) is 6.37. The van der Waals surface area contributed by atoms with Crippen LogP contribution in [0.2, 0.25) is 0 Å². The van der Waals surface area contributed by atoms with Gasteiger partial charge in [0.15, 0.2) is 0 Å². The summed E-state index contributed by atoms with van der Waals surface area (Å²) in [5.74, 6) is -2.54. The fourth-order valence-corrected chi connectivity index (χ4v) is 5.31. The molecular formula is C26H40N4O9S. The number of hydrogen-bond donors (Lipinski definition) is 2. The van der Waals surface area contributed by atoms with Crippen LogP contribution in [0.25, 0.3) is 0 Å². The van der Waals surface area contributed by atoms with E-state index in [0.717, 1.165) is 21.6 Å². The third-order valence-corrected chi connectivity index (χ3v) is 7.61. The largest absolute Gasteiger partial charge is 0.366 e. The molecule has 0 aromatic rings. The molecule has 2 aliphatic rings. The molecule has 0 aromatic heterocycles. The van der Waals surface area contributed by atoms with Gasteiger partial charge in [-0.2, -0.15) is 0 Å². The summed E-state index contributed by atoms with van der Waals surface area (Å²) in [4.78, 5) is 88.0. The maximum atomic E-state index is 12.8. The molecule has 6 amide bonds. The van der Waals surface area contributed by atoms with Crippen LogP contribution in [0.1, 0.15) is 53.9 Å². The Labute approximate surface area is 238 Å². The molecule has 2 N–H and O–H groups in total. The number of carbonyl (C=O) groups is 7. The van der Waals surface area contributed by atoms with Crippen molar-refractivity contribution in [1.29, 1.82) is 0 Å². The summed E-state index contributed by atoms with van der Waals surface area (Å²) in [7, 11) is 0. The lowest BCUT2D eigenvalue weighted by Gasteiger charge is -2.19. The van der Waals surface area contributed by atoms with E-state index in [0.29, 0.717) is 0 Å². The first-order chi connectivity index (χ1) is 18.9. The summed E-state index contributed by atoms with van der Waals surface area (Å²) >= 11 is 1.06. The van der Waals surface area contributed by atoms with Gasteiger partial charge in [0.1, 0.15) is 18.0 Å². The molecule has 2 rings (SSSR count). The Morgan fingerprint density at radius 3 is 2.00 bits per heavy atom. The fraction of sp³-hybridized carbons (Fsp3) is 0.731. The van der Waals surface area contributed by atoms with Crippen molar-refractivity contribution >= 4 is 53.0 Å². The first-order valence-corrected chi connectivity index (χ1v) is 14.5. The van der Waals surface area contributed by atoms with Crippen LogP contribution in [0.15, 0.2) is 0 Å². The Morgan fingerprint density at radius 2 is 1.48 bits per heavy atom. The van der Waals surface area contributed by atoms with Gasteiger partial charge in [0.05, 0.1) is 37.1 Å². The number of hydrogen-bond acceptors (Lipinski definition) is 10. The highest BCUT2D eigenvalue weighted by Crippen LogP contribution is 2.20. The molecule has 14 heteroatoms. The van der Waals surface area contributed by atoms with Gasteiger partial charge in [-0.3, -0.25) is 43.4 Å². The second-order valence-electron chi connectivity index (χ2n) is 10.1. The van der Waals surface area contributed by atoms with Crippen molar-refractivity contribution in [2.75, 3.05) is 38.6 Å². The van der Waals surface area contributed by atoms with Gasteiger partial charge in [-0.1, -0.05) is 13.8 Å². The van der Waals surface area contributed by atoms with Crippen LogP contribution in [0.5, 0.6) is 0 Å². The van der Waals surface area contributed by atoms with Gasteiger partial charge in [0.25, 0.3) is 11.8 Å². The number of thioether (sulfide) groups is 1. The molecule has 2 aliphatic heterocycles. The Kier molecular flexibility index (Phi) is 13.2. The molecule has 2 heterocycles. The van der Waals surface area contributed by atoms with E-state index < -0.39 is 41.1 Å². The van der Waals surface area contributed by atoms with Gasteiger partial charge in [0, 0.05) is 38.0 Å². The maximum Gasteiger partial charge on any atom is 0.259 e. The van der Waals surface area contributed by atoms with Gasteiger partial charge in [0.2, 0.25) is 23.6 Å². The lowest BCUT2D eigenvalue weighted by Crippen LogP contribution is -2.40. The zero-order valence-electron chi connectivity index (χ0n) is 23.7. The number of ether oxygens (including phenoxy) is 2. The minimum absolute atomic E-state index is 0.00887. The molecule has 0 aromatic carbocycles. The van der Waals surface area contributed by atoms with Crippen LogP contribution in [0, 0.1) is 5.92 Å². The van der Waals surface area contributed by atoms with Crippen LogP contribution in [-0.2, 0) is 43.0 Å². The van der Waals surface area contributed by atoms with E-state index in [4.69, 9.17) is 9.47 Å². The summed E-state index contributed by atoms with van der Waals surface area (Å²) in [6, 6.07) is -0.266. The number of carbonyl (C=O) groups excluding carboxylic acids is 7. The molecule has 0 radical (unpaired) electrons. The van der Waals surface area contributed by atoms with E-state index in [2.05, 4.69) is 10.6 Å². The number of likely N-dealkylation sites (tertiary alicyclic amines) is 2. The second-order valence-corrected chi connectivity index (χ2v) is 11.3. The number of nitrogens with one attached hydrogen (secondary N) is 2. The molecule has 3 unspecified atom stereocenters. The van der Waals surface area contributed by atoms with Crippen molar-refractivity contribution in [1.82, 2.24) is 20.4 Å². The molecule has 3 atom stereocenters. The third kappa shape index (κ3) is 9.37. The Morgan fingerprint density at radius 1 is 0.900 bits per heavy atom. The van der Waals surface area contributed by atoms with Crippen molar-refractivity contribution in [3.8, 4) is 0 Å². The van der Waals surface area contributed by atoms with Crippen LogP contribution in [-0.4, -0.2) is 113 Å². The van der Waals surface area contributed by atoms with Gasteiger partial charge < -0.3 is 20.1 Å². The SMILES string of the molecule is CCN1C(=O)CC(OCCNC(=O)CC(SCC(=O)C(C)C)C(=O)NCCOC2CC(=O)N(C(C)C)C2=O)C1=O. The Bertz CT molecular complexity index is 987. The minimum atomic E-state index is -0.892. The number of likely N-dealkylation sites (N-methyl/N-ethyl adjacent to an activating group) is 1. The number of imide groups is 2. The summed E-state index contributed by atoms with van der Waals surface area (Å²) in [6.45, 7) is 9.07. The Hall–Kier alpha value is -2.84. The van der Waals surface area contributed by atoms with Gasteiger partial charge in [-0.25, -0.2) is 0 Å². The molecule has 224 valence electrons. The molecule has 0 saturated carbocycles. The second kappa shape index (κ2) is 15.8. The molecule has 13 nitrogen and oxygen atoms in total. The number of rotatable bonds is 17. The summed E-state index contributed by atoms with van der Waals surface area (Å²) < 4.78 is 11.0. The zero-order chi connectivity index (χ0) is 30.0. The Balaban J connectivity index is 1.80. The summed E-state index contributed by atoms with van der Waals surface area (Å²) in [5.41, 5.74) is 0. The van der Waals surface area contributed by atoms with Crippen molar-refractivity contribution < 1.29 is 43.0 Å². The molecule has 0 bridgehead atoms. The van der Waals surface area contributed by atoms with Crippen LogP contribution in [0.3, 0.4) is 0 Å². The fourth-order valence-electron chi connectivity index (χ4n) is 4.11. The monoisotopic (exact) mass is 584 g/mol. The highest BCUT2D eigenvalue weighted by atomic mass is 32.2. The average Bonchev–Trinajstić information content (AvgIpc) is 3.33. The highest BCUT2D eigenvalue weighted by Gasteiger charge is 2.41. The predicted octanol–water partition coefficient (Wildman–Crippen LogP) is -0.348. The molecule has 2 saturated heterocycles. The van der Waals surface area contributed by atoms with Gasteiger partial charge in [-0.15, -0.1) is 11.8 Å². The van der Waals surface area contributed by atoms with E-state index in [9.17, 15) is 33.6 Å². The molecule has 0 aliphatic carbocycles. The average molecular weight is 585 g/mol. The summed E-state index contributed by atoms with van der Waals surface area (Å²) in [6.07, 6.45) is -2.04. The number of Topliss-reactive ketones (excluding diaryl/α,β-unsaturated/α-hetero) is 1. The quantitative estimate of drug-likeness (QED) is 0.170. The topological polar surface area (TPSA) is 168 Å². The lowest BCUT2D eigenvalue weighted by atomic mass is 10.1. The normalized spacial score (nSPS) is 20.2. The number of nitrogens with zero attached hydrogens (tertiary/aromatic N) is 2. The van der Waals surface area contributed by atoms with E-state index in [1.807, 2.05) is 0 Å². The smallest absolute Gasteiger partial charge is 0.259 e. The number of amides is 6. The molecular weight excluding hydrogens is 544 g/mol. The first kappa shape index (κ1) is 33.4. The molecule has 2 fully saturated rings. The standard InChI is InChI=1S/C26H40N4O9S/c1-6-29-22(33)11-18(25(29)36)38-9-7-27-21(32)13-20(40-14-17(31)15(2)3)24(35)28-8-10-39-19-12-23(34)30(16(4)5)26(19)37/h15-16,18-20H,6-14H2,1-5H3,(H,27,32)(H,28,35). The summed E-state index contributed by atoms with van der Waals surface area (Å²) in [5, 5.41) is 4.43. The van der Waals surface area contributed by atoms with E-state index in [1.165, 1.54) is 0 Å². The van der Waals surface area contributed by atoms with Crippen molar-refractivity contribution in [3.63, 3.8) is 0 Å². The number of ketones is 1. The van der Waals surface area contributed by atoms with Crippen LogP contribution in [0.4, 0.5) is 0 Å². The predicted molar refractivity (Wildman–Crippen MR) is 145 cm³/mol. The zero-order valence-corrected chi connectivity index (χ0v) is 24.5. The van der Waals surface area contributed by atoms with E-state index >= 15 is 0 Å². The van der Waals surface area contributed by atoms with Gasteiger partial charge in [-0.05, 0) is 20.8 Å². The van der Waals surface area contributed by atoms with Crippen LogP contribution < -0.4 is 10.6 Å². The van der Waals surface area contributed by atoms with Crippen molar-refractivity contribution in [3.05, 3.63) is 0 Å². The van der Waals surface area contributed by atoms with Crippen LogP contribution >= 0.6 is 11.8 Å². The molecule has 40 heavy (non-hydrogen) atoms. The van der Waals surface area contributed by atoms with Crippen molar-refractivity contribution in [2.24, 2.45) is 5.92 Å². The molecule has 0 spiro atoms. The van der Waals surface area contributed by atoms with E-state index in [-0.39, 0.29) is 87.4 Å². The maximum absolute atomic E-state index is 12.8. The lowest BCUT2D eigenvalue weighted by molar-refractivity contribution is -0.144.